The van der Waals surface area contributed by atoms with Crippen LogP contribution in [0.25, 0.3) is 5.57 Å². The van der Waals surface area contributed by atoms with Crippen LogP contribution in [0.2, 0.25) is 0 Å². The summed E-state index contributed by atoms with van der Waals surface area (Å²) in [4.78, 5) is 16.7. The van der Waals surface area contributed by atoms with E-state index in [-0.39, 0.29) is 30.2 Å². The molecule has 0 saturated carbocycles. The first-order valence-corrected chi connectivity index (χ1v) is 13.0. The van der Waals surface area contributed by atoms with E-state index in [2.05, 4.69) is 41.6 Å². The largest absolute Gasteiger partial charge is 0.393 e. The van der Waals surface area contributed by atoms with E-state index in [0.717, 1.165) is 49.4 Å². The first-order valence-electron chi connectivity index (χ1n) is 13.0. The van der Waals surface area contributed by atoms with E-state index in [1.807, 2.05) is 18.2 Å². The van der Waals surface area contributed by atoms with Crippen LogP contribution in [-0.4, -0.2) is 53.8 Å². The maximum atomic E-state index is 12.7. The van der Waals surface area contributed by atoms with Crippen LogP contribution in [0.3, 0.4) is 0 Å². The number of aliphatic hydroxyl groups is 2. The monoisotopic (exact) mass is 506 g/mol. The second-order valence-electron chi connectivity index (χ2n) is 11.5. The van der Waals surface area contributed by atoms with Crippen LogP contribution < -0.4 is 10.6 Å². The predicted octanol–water partition coefficient (Wildman–Crippen LogP) is 4.02. The number of aliphatic hydroxyl groups excluding tert-OH is 2. The quantitative estimate of drug-likeness (QED) is 0.312. The van der Waals surface area contributed by atoms with E-state index >= 15 is 0 Å². The minimum absolute atomic E-state index is 0.0570. The Labute approximate surface area is 219 Å². The Morgan fingerprint density at radius 2 is 1.92 bits per heavy atom. The molecule has 2 saturated heterocycles. The highest BCUT2D eigenvalue weighted by molar-refractivity contribution is 6.32. The number of anilines is 1. The van der Waals surface area contributed by atoms with Crippen LogP contribution in [0, 0.1) is 16.7 Å². The predicted molar refractivity (Wildman–Crippen MR) is 144 cm³/mol. The van der Waals surface area contributed by atoms with Crippen molar-refractivity contribution in [2.24, 2.45) is 10.4 Å². The normalized spacial score (nSPS) is 29.0. The molecule has 4 N–H and O–H groups in total. The van der Waals surface area contributed by atoms with Crippen molar-refractivity contribution in [2.45, 2.75) is 75.9 Å². The van der Waals surface area contributed by atoms with Crippen molar-refractivity contribution in [1.82, 2.24) is 5.32 Å². The van der Waals surface area contributed by atoms with E-state index in [1.165, 1.54) is 11.8 Å². The van der Waals surface area contributed by atoms with E-state index < -0.39 is 17.1 Å². The summed E-state index contributed by atoms with van der Waals surface area (Å²) in [6.45, 7) is 4.42. The van der Waals surface area contributed by atoms with Crippen molar-refractivity contribution in [1.29, 1.82) is 5.26 Å². The molecule has 3 aliphatic rings. The number of allylic oxidation sites excluding steroid dienone is 3. The van der Waals surface area contributed by atoms with E-state index in [4.69, 9.17) is 10.00 Å². The molecule has 1 amide bonds. The Morgan fingerprint density at radius 1 is 1.22 bits per heavy atom. The Hall–Kier alpha value is -2.99. The van der Waals surface area contributed by atoms with Gasteiger partial charge < -0.3 is 25.6 Å². The summed E-state index contributed by atoms with van der Waals surface area (Å²) >= 11 is 0. The molecule has 3 atom stereocenters. The SMILES string of the molecule is CN/C=C(C#N)\N=C\C(=O)Nc1ccc([C@H]2C[C@]3(CO)CC[C@](CO)(C2)O3)cc1C1=CCC(C)(C)CC1. The molecule has 8 nitrogen and oxygen atoms in total. The number of carbonyl (C=O) groups excluding carboxylic acids is 1. The van der Waals surface area contributed by atoms with Gasteiger partial charge in [0.05, 0.1) is 30.6 Å². The lowest BCUT2D eigenvalue weighted by molar-refractivity contribution is -0.177. The van der Waals surface area contributed by atoms with E-state index in [9.17, 15) is 15.0 Å². The van der Waals surface area contributed by atoms with Gasteiger partial charge in [0.25, 0.3) is 5.91 Å². The molecule has 37 heavy (non-hydrogen) atoms. The van der Waals surface area contributed by atoms with Crippen LogP contribution in [0.15, 0.2) is 41.2 Å². The number of nitriles is 1. The molecule has 1 aliphatic carbocycles. The Morgan fingerprint density at radius 3 is 2.49 bits per heavy atom. The third kappa shape index (κ3) is 5.96. The highest BCUT2D eigenvalue weighted by atomic mass is 16.6. The summed E-state index contributed by atoms with van der Waals surface area (Å²) in [7, 11) is 1.66. The standard InChI is InChI=1S/C29H38N4O4/c1-27(2)8-6-20(7-9-27)24-12-21(22-13-28(18-34)10-11-29(14-22,19-35)37-28)4-5-25(24)33-26(36)17-32-23(15-30)16-31-3/h4-6,12,16-17,22,31,34-35H,7-11,13-14,18-19H2,1-3H3,(H,33,36)/b23-16-,32-17+/t22-,28-,29+. The number of benzene rings is 1. The molecule has 0 unspecified atom stereocenters. The third-order valence-electron chi connectivity index (χ3n) is 8.09. The highest BCUT2D eigenvalue weighted by Crippen LogP contribution is 2.53. The zero-order chi connectivity index (χ0) is 26.7. The Kier molecular flexibility index (Phi) is 7.88. The van der Waals surface area contributed by atoms with E-state index in [0.29, 0.717) is 18.5 Å². The van der Waals surface area contributed by atoms with Crippen LogP contribution in [0.5, 0.6) is 0 Å². The molecular weight excluding hydrogens is 468 g/mol. The van der Waals surface area contributed by atoms with Crippen LogP contribution >= 0.6 is 0 Å². The number of rotatable bonds is 8. The summed E-state index contributed by atoms with van der Waals surface area (Å²) in [5.74, 6) is -0.281. The van der Waals surface area contributed by atoms with Crippen molar-refractivity contribution in [3.8, 4) is 6.07 Å². The zero-order valence-electron chi connectivity index (χ0n) is 22.0. The van der Waals surface area contributed by atoms with Gasteiger partial charge in [-0.2, -0.15) is 5.26 Å². The lowest BCUT2D eigenvalue weighted by Gasteiger charge is -2.43. The lowest BCUT2D eigenvalue weighted by Crippen LogP contribution is -2.47. The molecule has 2 fully saturated rings. The summed E-state index contributed by atoms with van der Waals surface area (Å²) in [6, 6.07) is 8.04. The summed E-state index contributed by atoms with van der Waals surface area (Å²) in [5, 5.41) is 35.1. The molecule has 0 radical (unpaired) electrons. The van der Waals surface area contributed by atoms with Gasteiger partial charge in [-0.05, 0) is 79.5 Å². The van der Waals surface area contributed by atoms with Gasteiger partial charge in [0.2, 0.25) is 0 Å². The number of nitrogens with one attached hydrogen (secondary N) is 2. The van der Waals surface area contributed by atoms with Gasteiger partial charge >= 0.3 is 0 Å². The number of hydrogen-bond acceptors (Lipinski definition) is 7. The smallest absolute Gasteiger partial charge is 0.266 e. The third-order valence-corrected chi connectivity index (χ3v) is 8.09. The molecule has 0 aromatic heterocycles. The van der Waals surface area contributed by atoms with Crippen molar-refractivity contribution in [3.05, 3.63) is 47.3 Å². The van der Waals surface area contributed by atoms with Crippen LogP contribution in [-0.2, 0) is 9.53 Å². The highest BCUT2D eigenvalue weighted by Gasteiger charge is 2.55. The Bertz CT molecular complexity index is 1140. The molecule has 2 bridgehead atoms. The topological polar surface area (TPSA) is 127 Å². The molecule has 0 spiro atoms. The first kappa shape index (κ1) is 27.1. The number of hydrogen-bond donors (Lipinski definition) is 4. The lowest BCUT2D eigenvalue weighted by atomic mass is 9.75. The Balaban J connectivity index is 1.65. The van der Waals surface area contributed by atoms with Crippen molar-refractivity contribution < 1.29 is 19.7 Å². The maximum absolute atomic E-state index is 12.7. The van der Waals surface area contributed by atoms with Gasteiger partial charge in [-0.3, -0.25) is 4.79 Å². The second-order valence-corrected chi connectivity index (χ2v) is 11.5. The average Bonchev–Trinajstić information content (AvgIpc) is 3.17. The molecular formula is C29H38N4O4. The fourth-order valence-electron chi connectivity index (χ4n) is 5.90. The number of carbonyl (C=O) groups is 1. The number of aliphatic imine (C=N–C) groups is 1. The molecule has 2 heterocycles. The van der Waals surface area contributed by atoms with Crippen molar-refractivity contribution in [3.63, 3.8) is 0 Å². The van der Waals surface area contributed by atoms with E-state index in [1.54, 1.807) is 7.05 Å². The zero-order valence-corrected chi connectivity index (χ0v) is 22.0. The molecule has 1 aromatic carbocycles. The van der Waals surface area contributed by atoms with Crippen LogP contribution in [0.1, 0.15) is 75.8 Å². The van der Waals surface area contributed by atoms with Gasteiger partial charge in [-0.25, -0.2) is 4.99 Å². The van der Waals surface area contributed by atoms with Gasteiger partial charge in [0.1, 0.15) is 6.07 Å². The van der Waals surface area contributed by atoms with Gasteiger partial charge in [-0.1, -0.05) is 26.0 Å². The first-order chi connectivity index (χ1) is 17.7. The molecule has 8 heteroatoms. The summed E-state index contributed by atoms with van der Waals surface area (Å²) < 4.78 is 6.23. The maximum Gasteiger partial charge on any atom is 0.266 e. The van der Waals surface area contributed by atoms with Gasteiger partial charge in [-0.15, -0.1) is 0 Å². The summed E-state index contributed by atoms with van der Waals surface area (Å²) in [6.07, 6.45) is 10.6. The average molecular weight is 507 g/mol. The number of fused-ring (bicyclic) bond motifs is 2. The minimum atomic E-state index is -0.609. The summed E-state index contributed by atoms with van der Waals surface area (Å²) in [5.41, 5.74) is 3.13. The second kappa shape index (κ2) is 10.8. The molecule has 198 valence electrons. The fourth-order valence-corrected chi connectivity index (χ4v) is 5.90. The van der Waals surface area contributed by atoms with Crippen LogP contribution in [0.4, 0.5) is 5.69 Å². The number of amides is 1. The molecule has 2 aliphatic heterocycles. The number of ether oxygens (including phenoxy) is 1. The number of nitrogens with zero attached hydrogens (tertiary/aromatic N) is 2. The molecule has 4 rings (SSSR count). The van der Waals surface area contributed by atoms with Gasteiger partial charge in [0.15, 0.2) is 5.70 Å². The minimum Gasteiger partial charge on any atom is -0.393 e. The molecule has 1 aromatic rings. The fraction of sp³-hybridized carbons (Fsp3) is 0.552. The van der Waals surface area contributed by atoms with Crippen molar-refractivity contribution in [2.75, 3.05) is 25.6 Å². The van der Waals surface area contributed by atoms with Crippen molar-refractivity contribution >= 4 is 23.4 Å². The van der Waals surface area contributed by atoms with Gasteiger partial charge in [0, 0.05) is 24.5 Å².